The third-order valence-electron chi connectivity index (χ3n) is 1.96. The van der Waals surface area contributed by atoms with E-state index in [9.17, 15) is 4.79 Å². The number of carbonyl (C=O) groups is 1. The van der Waals surface area contributed by atoms with Gasteiger partial charge in [-0.05, 0) is 19.1 Å². The molecular formula is C9H11NO2S. The fraction of sp³-hybridized carbons (Fsp3) is 0.444. The van der Waals surface area contributed by atoms with Gasteiger partial charge in [-0.2, -0.15) is 0 Å². The first-order chi connectivity index (χ1) is 6.25. The van der Waals surface area contributed by atoms with Gasteiger partial charge in [0.2, 0.25) is 5.91 Å². The van der Waals surface area contributed by atoms with Crippen molar-refractivity contribution in [2.75, 3.05) is 13.2 Å². The van der Waals surface area contributed by atoms with Gasteiger partial charge < -0.3 is 10.1 Å². The summed E-state index contributed by atoms with van der Waals surface area (Å²) in [5.41, 5.74) is 0. The topological polar surface area (TPSA) is 38.3 Å². The second kappa shape index (κ2) is 3.47. The lowest BCUT2D eigenvalue weighted by molar-refractivity contribution is -0.131. The van der Waals surface area contributed by atoms with E-state index in [4.69, 9.17) is 4.74 Å². The second-order valence-electron chi connectivity index (χ2n) is 3.08. The smallest absolute Gasteiger partial charge is 0.246 e. The van der Waals surface area contributed by atoms with Gasteiger partial charge in [0.25, 0.3) is 0 Å². The summed E-state index contributed by atoms with van der Waals surface area (Å²) in [6.45, 7) is 2.84. The Morgan fingerprint density at radius 3 is 3.08 bits per heavy atom. The summed E-state index contributed by atoms with van der Waals surface area (Å²) in [5, 5.41) is 2.89. The number of ether oxygens (including phenoxy) is 1. The fourth-order valence-electron chi connectivity index (χ4n) is 1.34. The molecule has 70 valence electrons. The monoisotopic (exact) mass is 197 g/mol. The van der Waals surface area contributed by atoms with E-state index in [-0.39, 0.29) is 18.6 Å². The molecule has 0 spiro atoms. The average molecular weight is 197 g/mol. The molecule has 0 aromatic carbocycles. The van der Waals surface area contributed by atoms with Crippen LogP contribution in [0.5, 0.6) is 0 Å². The maximum Gasteiger partial charge on any atom is 0.246 e. The Morgan fingerprint density at radius 2 is 2.46 bits per heavy atom. The molecule has 0 aliphatic carbocycles. The molecule has 1 aliphatic heterocycles. The van der Waals surface area contributed by atoms with E-state index in [0.29, 0.717) is 6.61 Å². The van der Waals surface area contributed by atoms with Crippen molar-refractivity contribution in [1.82, 2.24) is 5.32 Å². The normalized spacial score (nSPS) is 22.8. The molecule has 0 unspecified atom stereocenters. The summed E-state index contributed by atoms with van der Waals surface area (Å²) in [6, 6.07) is 4.15. The lowest BCUT2D eigenvalue weighted by Gasteiger charge is -2.22. The zero-order valence-electron chi connectivity index (χ0n) is 7.37. The first-order valence-electron chi connectivity index (χ1n) is 4.19. The first-order valence-corrected chi connectivity index (χ1v) is 5.01. The number of nitrogens with one attached hydrogen (secondary N) is 1. The van der Waals surface area contributed by atoms with Crippen LogP contribution in [0.25, 0.3) is 0 Å². The molecule has 1 saturated heterocycles. The van der Waals surface area contributed by atoms with Crippen molar-refractivity contribution in [1.29, 1.82) is 0 Å². The van der Waals surface area contributed by atoms with E-state index in [0.717, 1.165) is 0 Å². The molecule has 4 heteroatoms. The summed E-state index contributed by atoms with van der Waals surface area (Å²) in [6.07, 6.45) is 0. The molecule has 13 heavy (non-hydrogen) atoms. The molecule has 1 aliphatic rings. The number of aryl methyl sites for hydroxylation is 1. The minimum Gasteiger partial charge on any atom is -0.369 e. The molecule has 3 nitrogen and oxygen atoms in total. The lowest BCUT2D eigenvalue weighted by Crippen LogP contribution is -2.39. The predicted octanol–water partition coefficient (Wildman–Crippen LogP) is 1.24. The molecule has 1 fully saturated rings. The van der Waals surface area contributed by atoms with Crippen LogP contribution in [0.15, 0.2) is 12.1 Å². The highest BCUT2D eigenvalue weighted by Crippen LogP contribution is 2.24. The zero-order chi connectivity index (χ0) is 9.26. The standard InChI is InChI=1S/C9H11NO2S/c1-6-2-3-8(13-6)7-4-12-5-9(11)10-7/h2-3,7H,4-5H2,1H3,(H,10,11)/t7-/m1/s1. The van der Waals surface area contributed by atoms with Gasteiger partial charge in [0.15, 0.2) is 0 Å². The summed E-state index contributed by atoms with van der Waals surface area (Å²) < 4.78 is 5.15. The molecule has 1 amide bonds. The van der Waals surface area contributed by atoms with Crippen LogP contribution in [0.2, 0.25) is 0 Å². The van der Waals surface area contributed by atoms with Crippen molar-refractivity contribution >= 4 is 17.2 Å². The summed E-state index contributed by atoms with van der Waals surface area (Å²) in [5.74, 6) is -0.0256. The molecule has 1 aromatic heterocycles. The van der Waals surface area contributed by atoms with Gasteiger partial charge in [-0.1, -0.05) is 0 Å². The van der Waals surface area contributed by atoms with Gasteiger partial charge in [0.05, 0.1) is 12.6 Å². The average Bonchev–Trinajstić information content (AvgIpc) is 2.52. The van der Waals surface area contributed by atoms with Crippen LogP contribution in [-0.2, 0) is 9.53 Å². The largest absolute Gasteiger partial charge is 0.369 e. The number of hydrogen-bond acceptors (Lipinski definition) is 3. The van der Waals surface area contributed by atoms with Crippen molar-refractivity contribution in [2.45, 2.75) is 13.0 Å². The van der Waals surface area contributed by atoms with Crippen molar-refractivity contribution in [3.05, 3.63) is 21.9 Å². The van der Waals surface area contributed by atoms with Crippen LogP contribution in [-0.4, -0.2) is 19.1 Å². The molecule has 1 atom stereocenters. The van der Waals surface area contributed by atoms with Gasteiger partial charge in [-0.15, -0.1) is 11.3 Å². The summed E-state index contributed by atoms with van der Waals surface area (Å²) in [4.78, 5) is 13.5. The number of hydrogen-bond donors (Lipinski definition) is 1. The van der Waals surface area contributed by atoms with Crippen molar-refractivity contribution in [3.63, 3.8) is 0 Å². The predicted molar refractivity (Wildman–Crippen MR) is 50.8 cm³/mol. The fourth-order valence-corrected chi connectivity index (χ4v) is 2.25. The van der Waals surface area contributed by atoms with Crippen LogP contribution in [0.4, 0.5) is 0 Å². The van der Waals surface area contributed by atoms with Crippen LogP contribution in [0, 0.1) is 6.92 Å². The van der Waals surface area contributed by atoms with E-state index in [1.807, 2.05) is 6.07 Å². The summed E-state index contributed by atoms with van der Waals surface area (Å²) in [7, 11) is 0. The lowest BCUT2D eigenvalue weighted by atomic mass is 10.2. The van der Waals surface area contributed by atoms with Gasteiger partial charge in [-0.3, -0.25) is 4.79 Å². The van der Waals surface area contributed by atoms with Crippen molar-refractivity contribution in [3.8, 4) is 0 Å². The first kappa shape index (κ1) is 8.72. The maximum absolute atomic E-state index is 11.0. The molecule has 0 saturated carbocycles. The van der Waals surface area contributed by atoms with Gasteiger partial charge in [0.1, 0.15) is 6.61 Å². The Balaban J connectivity index is 2.12. The quantitative estimate of drug-likeness (QED) is 0.735. The number of amides is 1. The van der Waals surface area contributed by atoms with Crippen molar-refractivity contribution < 1.29 is 9.53 Å². The number of morpholine rings is 1. The van der Waals surface area contributed by atoms with Crippen LogP contribution in [0.3, 0.4) is 0 Å². The number of thiophene rings is 1. The molecular weight excluding hydrogens is 186 g/mol. The van der Waals surface area contributed by atoms with E-state index >= 15 is 0 Å². The molecule has 2 rings (SSSR count). The Hall–Kier alpha value is -0.870. The maximum atomic E-state index is 11.0. The molecule has 0 bridgehead atoms. The van der Waals surface area contributed by atoms with Crippen LogP contribution in [0.1, 0.15) is 15.8 Å². The zero-order valence-corrected chi connectivity index (χ0v) is 8.19. The SMILES string of the molecule is Cc1ccc([C@H]2COCC(=O)N2)s1. The summed E-state index contributed by atoms with van der Waals surface area (Å²) >= 11 is 1.70. The van der Waals surface area contributed by atoms with Gasteiger partial charge in [0, 0.05) is 9.75 Å². The van der Waals surface area contributed by atoms with Crippen LogP contribution >= 0.6 is 11.3 Å². The Bertz CT molecular complexity index is 321. The van der Waals surface area contributed by atoms with E-state index < -0.39 is 0 Å². The van der Waals surface area contributed by atoms with Crippen LogP contribution < -0.4 is 5.32 Å². The minimum absolute atomic E-state index is 0.0256. The second-order valence-corrected chi connectivity index (χ2v) is 4.40. The minimum atomic E-state index is -0.0256. The molecule has 2 heterocycles. The molecule has 1 aromatic rings. The third-order valence-corrected chi connectivity index (χ3v) is 3.07. The highest BCUT2D eigenvalue weighted by Gasteiger charge is 2.20. The number of carbonyl (C=O) groups excluding carboxylic acids is 1. The van der Waals surface area contributed by atoms with Gasteiger partial charge in [-0.25, -0.2) is 0 Å². The third kappa shape index (κ3) is 1.89. The van der Waals surface area contributed by atoms with Crippen molar-refractivity contribution in [2.24, 2.45) is 0 Å². The molecule has 1 N–H and O–H groups in total. The Labute approximate surface area is 80.7 Å². The van der Waals surface area contributed by atoms with E-state index in [2.05, 4.69) is 18.3 Å². The molecule has 0 radical (unpaired) electrons. The van der Waals surface area contributed by atoms with Gasteiger partial charge >= 0.3 is 0 Å². The highest BCUT2D eigenvalue weighted by atomic mass is 32.1. The Kier molecular flexibility index (Phi) is 2.33. The van der Waals surface area contributed by atoms with E-state index in [1.54, 1.807) is 11.3 Å². The Morgan fingerprint density at radius 1 is 1.62 bits per heavy atom. The number of rotatable bonds is 1. The van der Waals surface area contributed by atoms with E-state index in [1.165, 1.54) is 9.75 Å². The highest BCUT2D eigenvalue weighted by molar-refractivity contribution is 7.12.